The van der Waals surface area contributed by atoms with Crippen molar-refractivity contribution in [1.82, 2.24) is 9.13 Å². The summed E-state index contributed by atoms with van der Waals surface area (Å²) in [7, 11) is 0. The zero-order valence-corrected chi connectivity index (χ0v) is 10.4. The fourth-order valence-electron chi connectivity index (χ4n) is 2.45. The molecule has 0 spiro atoms. The van der Waals surface area contributed by atoms with Gasteiger partial charge in [-0.05, 0) is 13.0 Å². The first kappa shape index (κ1) is 11.1. The molecule has 1 atom stereocenters. The molecule has 1 aliphatic rings. The highest BCUT2D eigenvalue weighted by molar-refractivity contribution is 5.39. The number of nitrogens with zero attached hydrogens (tertiary/aromatic N) is 2. The smallest absolute Gasteiger partial charge is 0.328 e. The van der Waals surface area contributed by atoms with Crippen molar-refractivity contribution in [3.8, 4) is 5.75 Å². The van der Waals surface area contributed by atoms with Gasteiger partial charge in [-0.3, -0.25) is 9.13 Å². The molecular formula is C14H16N2O2. The average molecular weight is 244 g/mol. The molecule has 4 nitrogen and oxygen atoms in total. The largest absolute Gasteiger partial charge is 0.493 e. The van der Waals surface area contributed by atoms with Crippen molar-refractivity contribution in [2.24, 2.45) is 0 Å². The zero-order valence-electron chi connectivity index (χ0n) is 10.4. The van der Waals surface area contributed by atoms with Gasteiger partial charge in [0.2, 0.25) is 0 Å². The molecule has 0 radical (unpaired) electrons. The summed E-state index contributed by atoms with van der Waals surface area (Å²) in [6.45, 7) is 4.02. The summed E-state index contributed by atoms with van der Waals surface area (Å²) in [6, 6.07) is 8.05. The van der Waals surface area contributed by atoms with Gasteiger partial charge in [0.1, 0.15) is 5.75 Å². The van der Waals surface area contributed by atoms with Crippen LogP contribution in [0.3, 0.4) is 0 Å². The molecule has 1 aromatic carbocycles. The molecule has 1 unspecified atom stereocenters. The number of aromatic nitrogens is 2. The quantitative estimate of drug-likeness (QED) is 0.826. The Balaban J connectivity index is 1.86. The third-order valence-electron chi connectivity index (χ3n) is 3.47. The first-order valence-electron chi connectivity index (χ1n) is 6.27. The van der Waals surface area contributed by atoms with E-state index < -0.39 is 0 Å². The molecule has 1 aromatic heterocycles. The molecule has 0 amide bonds. The van der Waals surface area contributed by atoms with E-state index >= 15 is 0 Å². The molecule has 94 valence electrons. The van der Waals surface area contributed by atoms with E-state index in [1.165, 1.54) is 5.56 Å². The highest BCUT2D eigenvalue weighted by atomic mass is 16.5. The molecule has 3 rings (SSSR count). The Morgan fingerprint density at radius 2 is 2.06 bits per heavy atom. The van der Waals surface area contributed by atoms with Gasteiger partial charge < -0.3 is 4.74 Å². The molecule has 0 N–H and O–H groups in total. The minimum absolute atomic E-state index is 0.0573. The van der Waals surface area contributed by atoms with Crippen LogP contribution in [-0.2, 0) is 13.1 Å². The average Bonchev–Trinajstić information content (AvgIpc) is 2.96. The molecule has 2 heterocycles. The molecule has 0 bridgehead atoms. The summed E-state index contributed by atoms with van der Waals surface area (Å²) < 4.78 is 9.11. The lowest BCUT2D eigenvalue weighted by Crippen LogP contribution is -2.26. The third-order valence-corrected chi connectivity index (χ3v) is 3.47. The van der Waals surface area contributed by atoms with Crippen LogP contribution in [0.2, 0.25) is 0 Å². The van der Waals surface area contributed by atoms with E-state index in [4.69, 9.17) is 4.74 Å². The van der Waals surface area contributed by atoms with Gasteiger partial charge in [-0.2, -0.15) is 0 Å². The Morgan fingerprint density at radius 3 is 2.83 bits per heavy atom. The Hall–Kier alpha value is -1.97. The molecule has 1 aliphatic heterocycles. The SMILES string of the molecule is CCn1ccn(CC2COc3ccccc32)c1=O. The standard InChI is InChI=1S/C14H16N2O2/c1-2-15-7-8-16(14(15)17)9-11-10-18-13-6-4-3-5-12(11)13/h3-8,11H,2,9-10H2,1H3. The highest BCUT2D eigenvalue weighted by Gasteiger charge is 2.24. The maximum atomic E-state index is 12.0. The summed E-state index contributed by atoms with van der Waals surface area (Å²) in [5, 5.41) is 0. The van der Waals surface area contributed by atoms with Crippen LogP contribution < -0.4 is 10.4 Å². The van der Waals surface area contributed by atoms with Crippen molar-refractivity contribution in [2.75, 3.05) is 6.61 Å². The molecule has 2 aromatic rings. The van der Waals surface area contributed by atoms with Gasteiger partial charge in [-0.1, -0.05) is 18.2 Å². The Kier molecular flexibility index (Phi) is 2.70. The number of hydrogen-bond donors (Lipinski definition) is 0. The first-order valence-corrected chi connectivity index (χ1v) is 6.27. The molecule has 0 aliphatic carbocycles. The van der Waals surface area contributed by atoms with E-state index in [2.05, 4.69) is 6.07 Å². The summed E-state index contributed by atoms with van der Waals surface area (Å²) in [6.07, 6.45) is 3.69. The van der Waals surface area contributed by atoms with Gasteiger partial charge >= 0.3 is 5.69 Å². The van der Waals surface area contributed by atoms with Crippen molar-refractivity contribution in [1.29, 1.82) is 0 Å². The van der Waals surface area contributed by atoms with E-state index in [1.807, 2.05) is 37.5 Å². The number of aryl methyl sites for hydroxylation is 1. The van der Waals surface area contributed by atoms with Crippen LogP contribution in [0.5, 0.6) is 5.75 Å². The monoisotopic (exact) mass is 244 g/mol. The molecule has 18 heavy (non-hydrogen) atoms. The van der Waals surface area contributed by atoms with Crippen LogP contribution in [0.4, 0.5) is 0 Å². The lowest BCUT2D eigenvalue weighted by molar-refractivity contribution is 0.317. The van der Waals surface area contributed by atoms with E-state index in [0.29, 0.717) is 19.7 Å². The second-order valence-electron chi connectivity index (χ2n) is 4.56. The fourth-order valence-corrected chi connectivity index (χ4v) is 2.45. The van der Waals surface area contributed by atoms with Crippen molar-refractivity contribution in [3.63, 3.8) is 0 Å². The van der Waals surface area contributed by atoms with Crippen LogP contribution in [-0.4, -0.2) is 15.7 Å². The van der Waals surface area contributed by atoms with Gasteiger partial charge in [0.15, 0.2) is 0 Å². The van der Waals surface area contributed by atoms with Gasteiger partial charge in [-0.15, -0.1) is 0 Å². The van der Waals surface area contributed by atoms with Crippen LogP contribution in [0.25, 0.3) is 0 Å². The minimum Gasteiger partial charge on any atom is -0.493 e. The van der Waals surface area contributed by atoms with Crippen molar-refractivity contribution in [2.45, 2.75) is 25.9 Å². The van der Waals surface area contributed by atoms with Crippen LogP contribution in [0.1, 0.15) is 18.4 Å². The molecule has 0 saturated carbocycles. The van der Waals surface area contributed by atoms with Crippen molar-refractivity contribution in [3.05, 3.63) is 52.7 Å². The van der Waals surface area contributed by atoms with Gasteiger partial charge in [-0.25, -0.2) is 4.79 Å². The summed E-state index contributed by atoms with van der Waals surface area (Å²) in [4.78, 5) is 12.0. The molecule has 4 heteroatoms. The zero-order chi connectivity index (χ0) is 12.5. The lowest BCUT2D eigenvalue weighted by Gasteiger charge is -2.08. The topological polar surface area (TPSA) is 36.2 Å². The van der Waals surface area contributed by atoms with Crippen LogP contribution in [0, 0.1) is 0 Å². The normalized spacial score (nSPS) is 17.5. The predicted octanol–water partition coefficient (Wildman–Crippen LogP) is 1.85. The number of fused-ring (bicyclic) bond motifs is 1. The number of imidazole rings is 1. The number of hydrogen-bond acceptors (Lipinski definition) is 2. The molecular weight excluding hydrogens is 228 g/mol. The summed E-state index contributed by atoms with van der Waals surface area (Å²) in [5.74, 6) is 1.22. The van der Waals surface area contributed by atoms with E-state index in [0.717, 1.165) is 5.75 Å². The number of benzene rings is 1. The Labute approximate surface area is 105 Å². The first-order chi connectivity index (χ1) is 8.79. The van der Waals surface area contributed by atoms with Gasteiger partial charge in [0, 0.05) is 37.0 Å². The maximum Gasteiger partial charge on any atom is 0.328 e. The van der Waals surface area contributed by atoms with Crippen molar-refractivity contribution >= 4 is 0 Å². The van der Waals surface area contributed by atoms with E-state index in [9.17, 15) is 4.79 Å². The van der Waals surface area contributed by atoms with Crippen LogP contribution >= 0.6 is 0 Å². The number of ether oxygens (including phenoxy) is 1. The third kappa shape index (κ3) is 1.74. The Morgan fingerprint density at radius 1 is 1.28 bits per heavy atom. The van der Waals surface area contributed by atoms with Gasteiger partial charge in [0.25, 0.3) is 0 Å². The minimum atomic E-state index is 0.0573. The van der Waals surface area contributed by atoms with E-state index in [1.54, 1.807) is 9.13 Å². The number of para-hydroxylation sites is 1. The number of rotatable bonds is 3. The second kappa shape index (κ2) is 4.37. The van der Waals surface area contributed by atoms with Gasteiger partial charge in [0.05, 0.1) is 6.61 Å². The van der Waals surface area contributed by atoms with E-state index in [-0.39, 0.29) is 11.6 Å². The maximum absolute atomic E-state index is 12.0. The Bertz CT molecular complexity index is 612. The highest BCUT2D eigenvalue weighted by Crippen LogP contribution is 2.34. The fraction of sp³-hybridized carbons (Fsp3) is 0.357. The lowest BCUT2D eigenvalue weighted by atomic mass is 10.0. The van der Waals surface area contributed by atoms with Crippen molar-refractivity contribution < 1.29 is 4.74 Å². The summed E-state index contributed by atoms with van der Waals surface area (Å²) in [5.41, 5.74) is 1.26. The second-order valence-corrected chi connectivity index (χ2v) is 4.56. The molecule has 0 saturated heterocycles. The van der Waals surface area contributed by atoms with Crippen LogP contribution in [0.15, 0.2) is 41.5 Å². The summed E-state index contributed by atoms with van der Waals surface area (Å²) >= 11 is 0. The predicted molar refractivity (Wildman–Crippen MR) is 69.0 cm³/mol. The molecule has 0 fully saturated rings.